The molecular weight excluding hydrogens is 294 g/mol. The Morgan fingerprint density at radius 3 is 2.89 bits per heavy atom. The largest absolute Gasteiger partial charge is 0.384 e. The smallest absolute Gasteiger partial charge is 0.251 e. The first kappa shape index (κ1) is 12.6. The molecule has 0 fully saturated rings. The number of pyridine rings is 1. The molecule has 1 amide bonds. The van der Waals surface area contributed by atoms with Crippen LogP contribution >= 0.6 is 15.9 Å². The van der Waals surface area contributed by atoms with Crippen LogP contribution in [0.25, 0.3) is 0 Å². The van der Waals surface area contributed by atoms with Crippen molar-refractivity contribution in [2.24, 2.45) is 0 Å². The predicted octanol–water partition coefficient (Wildman–Crippen LogP) is 2.36. The third kappa shape index (κ3) is 3.30. The van der Waals surface area contributed by atoms with Gasteiger partial charge in [0.05, 0.1) is 0 Å². The highest BCUT2D eigenvalue weighted by atomic mass is 79.9. The van der Waals surface area contributed by atoms with Crippen molar-refractivity contribution in [2.45, 2.75) is 6.54 Å². The molecule has 1 heterocycles. The predicted molar refractivity (Wildman–Crippen MR) is 74.0 cm³/mol. The van der Waals surface area contributed by atoms with Crippen molar-refractivity contribution in [2.75, 3.05) is 5.73 Å². The number of hydrogen-bond acceptors (Lipinski definition) is 3. The maximum atomic E-state index is 11.8. The molecule has 2 aromatic rings. The van der Waals surface area contributed by atoms with Crippen LogP contribution in [0, 0.1) is 0 Å². The maximum Gasteiger partial charge on any atom is 0.251 e. The van der Waals surface area contributed by atoms with Gasteiger partial charge in [-0.3, -0.25) is 4.79 Å². The van der Waals surface area contributed by atoms with E-state index in [0.29, 0.717) is 17.9 Å². The molecule has 2 rings (SSSR count). The van der Waals surface area contributed by atoms with E-state index in [1.807, 2.05) is 24.3 Å². The van der Waals surface area contributed by atoms with E-state index in [2.05, 4.69) is 26.2 Å². The summed E-state index contributed by atoms with van der Waals surface area (Å²) in [5.41, 5.74) is 7.07. The summed E-state index contributed by atoms with van der Waals surface area (Å²) >= 11 is 3.39. The van der Waals surface area contributed by atoms with Gasteiger partial charge < -0.3 is 11.1 Å². The lowest BCUT2D eigenvalue weighted by Crippen LogP contribution is -2.22. The van der Waals surface area contributed by atoms with Crippen molar-refractivity contribution >= 4 is 27.7 Å². The Bertz CT molecular complexity index is 572. The van der Waals surface area contributed by atoms with Gasteiger partial charge in [0, 0.05) is 22.8 Å². The molecule has 1 aromatic heterocycles. The van der Waals surface area contributed by atoms with Gasteiger partial charge in [0.25, 0.3) is 5.91 Å². The summed E-state index contributed by atoms with van der Waals surface area (Å²) < 4.78 is 0.988. The topological polar surface area (TPSA) is 68.0 Å². The van der Waals surface area contributed by atoms with Gasteiger partial charge >= 0.3 is 0 Å². The highest BCUT2D eigenvalue weighted by Gasteiger charge is 2.05. The van der Waals surface area contributed by atoms with Crippen molar-refractivity contribution in [3.05, 3.63) is 58.2 Å². The van der Waals surface area contributed by atoms with Crippen LogP contribution in [-0.4, -0.2) is 10.9 Å². The molecule has 92 valence electrons. The van der Waals surface area contributed by atoms with Crippen molar-refractivity contribution in [3.8, 4) is 0 Å². The molecule has 0 aliphatic rings. The summed E-state index contributed by atoms with van der Waals surface area (Å²) in [6, 6.07) is 11.0. The number of carbonyl (C=O) groups excluding carboxylic acids is 1. The van der Waals surface area contributed by atoms with E-state index in [4.69, 9.17) is 5.73 Å². The number of amides is 1. The monoisotopic (exact) mass is 305 g/mol. The fourth-order valence-electron chi connectivity index (χ4n) is 1.52. The van der Waals surface area contributed by atoms with Gasteiger partial charge in [0.15, 0.2) is 0 Å². The third-order valence-electron chi connectivity index (χ3n) is 2.39. The van der Waals surface area contributed by atoms with E-state index in [1.165, 1.54) is 6.20 Å². The average Bonchev–Trinajstić information content (AvgIpc) is 2.36. The highest BCUT2D eigenvalue weighted by molar-refractivity contribution is 9.10. The summed E-state index contributed by atoms with van der Waals surface area (Å²) in [5.74, 6) is 0.175. The molecule has 0 saturated carbocycles. The lowest BCUT2D eigenvalue weighted by Gasteiger charge is -2.06. The standard InChI is InChI=1S/C13H12BrN3O/c14-11-3-1-2-9(6-11)8-17-13(18)10-4-5-16-12(15)7-10/h1-7H,8H2,(H2,15,16)(H,17,18). The zero-order valence-corrected chi connectivity index (χ0v) is 11.1. The Kier molecular flexibility index (Phi) is 3.94. The molecule has 0 unspecified atom stereocenters. The second kappa shape index (κ2) is 5.64. The summed E-state index contributed by atoms with van der Waals surface area (Å²) in [6.45, 7) is 0.473. The van der Waals surface area contributed by atoms with Gasteiger partial charge in [-0.25, -0.2) is 4.98 Å². The Morgan fingerprint density at radius 1 is 1.33 bits per heavy atom. The summed E-state index contributed by atoms with van der Waals surface area (Å²) in [5, 5.41) is 2.83. The van der Waals surface area contributed by atoms with Crippen LogP contribution in [0.3, 0.4) is 0 Å². The lowest BCUT2D eigenvalue weighted by molar-refractivity contribution is 0.0951. The molecule has 0 aliphatic carbocycles. The molecule has 5 heteroatoms. The van der Waals surface area contributed by atoms with Crippen molar-refractivity contribution < 1.29 is 4.79 Å². The zero-order chi connectivity index (χ0) is 13.0. The molecule has 0 spiro atoms. The number of rotatable bonds is 3. The van der Waals surface area contributed by atoms with Crippen LogP contribution in [0.5, 0.6) is 0 Å². The Hall–Kier alpha value is -1.88. The molecule has 0 atom stereocenters. The molecule has 3 N–H and O–H groups in total. The number of hydrogen-bond donors (Lipinski definition) is 2. The summed E-state index contributed by atoms with van der Waals surface area (Å²) in [4.78, 5) is 15.7. The molecule has 1 aromatic carbocycles. The molecule has 0 saturated heterocycles. The van der Waals surface area contributed by atoms with Gasteiger partial charge in [-0.2, -0.15) is 0 Å². The van der Waals surface area contributed by atoms with Crippen LogP contribution in [-0.2, 0) is 6.54 Å². The number of nitrogen functional groups attached to an aromatic ring is 1. The van der Waals surface area contributed by atoms with Gasteiger partial charge in [-0.1, -0.05) is 28.1 Å². The molecule has 4 nitrogen and oxygen atoms in total. The summed E-state index contributed by atoms with van der Waals surface area (Å²) in [7, 11) is 0. The van der Waals surface area contributed by atoms with E-state index in [1.54, 1.807) is 12.1 Å². The second-order valence-corrected chi connectivity index (χ2v) is 4.70. The Balaban J connectivity index is 2.00. The van der Waals surface area contributed by atoms with E-state index in [9.17, 15) is 4.79 Å². The van der Waals surface area contributed by atoms with E-state index >= 15 is 0 Å². The fraction of sp³-hybridized carbons (Fsp3) is 0.0769. The first-order valence-electron chi connectivity index (χ1n) is 5.39. The third-order valence-corrected chi connectivity index (χ3v) is 2.88. The average molecular weight is 306 g/mol. The summed E-state index contributed by atoms with van der Waals surface area (Å²) in [6.07, 6.45) is 1.52. The zero-order valence-electron chi connectivity index (χ0n) is 9.56. The first-order chi connectivity index (χ1) is 8.65. The van der Waals surface area contributed by atoms with E-state index in [0.717, 1.165) is 10.0 Å². The second-order valence-electron chi connectivity index (χ2n) is 3.78. The van der Waals surface area contributed by atoms with Crippen LogP contribution in [0.1, 0.15) is 15.9 Å². The number of aromatic nitrogens is 1. The minimum atomic E-state index is -0.163. The number of halogens is 1. The van der Waals surface area contributed by atoms with Gasteiger partial charge in [-0.05, 0) is 29.8 Å². The molecule has 0 radical (unpaired) electrons. The minimum absolute atomic E-state index is 0.163. The number of anilines is 1. The van der Waals surface area contributed by atoms with Crippen molar-refractivity contribution in [3.63, 3.8) is 0 Å². The Morgan fingerprint density at radius 2 is 2.17 bits per heavy atom. The number of nitrogens with zero attached hydrogens (tertiary/aromatic N) is 1. The molecule has 18 heavy (non-hydrogen) atoms. The SMILES string of the molecule is Nc1cc(C(=O)NCc2cccc(Br)c2)ccn1. The number of nitrogens with two attached hydrogens (primary N) is 1. The fourth-order valence-corrected chi connectivity index (χ4v) is 1.97. The highest BCUT2D eigenvalue weighted by Crippen LogP contribution is 2.11. The molecule has 0 aliphatic heterocycles. The van der Waals surface area contributed by atoms with E-state index < -0.39 is 0 Å². The normalized spacial score (nSPS) is 10.1. The van der Waals surface area contributed by atoms with Gasteiger partial charge in [0.2, 0.25) is 0 Å². The first-order valence-corrected chi connectivity index (χ1v) is 6.18. The number of carbonyl (C=O) groups is 1. The van der Waals surface area contributed by atoms with Crippen molar-refractivity contribution in [1.29, 1.82) is 0 Å². The van der Waals surface area contributed by atoms with Crippen LogP contribution in [0.2, 0.25) is 0 Å². The maximum absolute atomic E-state index is 11.8. The van der Waals surface area contributed by atoms with Gasteiger partial charge in [0.1, 0.15) is 5.82 Å². The van der Waals surface area contributed by atoms with Crippen LogP contribution < -0.4 is 11.1 Å². The van der Waals surface area contributed by atoms with Crippen LogP contribution in [0.4, 0.5) is 5.82 Å². The molecular formula is C13H12BrN3O. The number of benzene rings is 1. The quantitative estimate of drug-likeness (QED) is 0.914. The van der Waals surface area contributed by atoms with Crippen LogP contribution in [0.15, 0.2) is 47.1 Å². The minimum Gasteiger partial charge on any atom is -0.384 e. The molecule has 0 bridgehead atoms. The lowest BCUT2D eigenvalue weighted by atomic mass is 10.2. The Labute approximate surface area is 113 Å². The van der Waals surface area contributed by atoms with E-state index in [-0.39, 0.29) is 5.91 Å². The van der Waals surface area contributed by atoms with Gasteiger partial charge in [-0.15, -0.1) is 0 Å². The van der Waals surface area contributed by atoms with Crippen molar-refractivity contribution in [1.82, 2.24) is 10.3 Å². The number of nitrogens with one attached hydrogen (secondary N) is 1.